The number of hydrogen-bond donors (Lipinski definition) is 2. The van der Waals surface area contributed by atoms with Crippen LogP contribution in [0.3, 0.4) is 0 Å². The molecule has 0 radical (unpaired) electrons. The summed E-state index contributed by atoms with van der Waals surface area (Å²) in [4.78, 5) is 8.86. The number of phenols is 1. The lowest BCUT2D eigenvalue weighted by atomic mass is 10.3. The van der Waals surface area contributed by atoms with Crippen LogP contribution in [-0.4, -0.2) is 15.1 Å². The molecule has 0 fully saturated rings. The number of aromatic nitrogens is 2. The molecule has 1 aromatic carbocycles. The molecule has 0 bridgehead atoms. The van der Waals surface area contributed by atoms with Gasteiger partial charge in [0.15, 0.2) is 0 Å². The molecule has 0 aliphatic heterocycles. The topological polar surface area (TPSA) is 58.0 Å². The molecule has 0 saturated heterocycles. The van der Waals surface area contributed by atoms with Crippen LogP contribution in [0.5, 0.6) is 5.75 Å². The molecule has 3 aromatic rings. The van der Waals surface area contributed by atoms with E-state index in [2.05, 4.69) is 15.3 Å². The van der Waals surface area contributed by atoms with E-state index in [-0.39, 0.29) is 5.75 Å². The Labute approximate surface area is 108 Å². The van der Waals surface area contributed by atoms with Gasteiger partial charge in [-0.05, 0) is 42.6 Å². The van der Waals surface area contributed by atoms with E-state index in [0.717, 1.165) is 21.6 Å². The fourth-order valence-electron chi connectivity index (χ4n) is 1.74. The van der Waals surface area contributed by atoms with Gasteiger partial charge in [0.05, 0.1) is 15.9 Å². The van der Waals surface area contributed by atoms with Crippen molar-refractivity contribution in [2.75, 3.05) is 5.32 Å². The predicted molar refractivity (Wildman–Crippen MR) is 73.5 cm³/mol. The molecule has 18 heavy (non-hydrogen) atoms. The van der Waals surface area contributed by atoms with Crippen molar-refractivity contribution in [3.63, 3.8) is 0 Å². The molecule has 2 N–H and O–H groups in total. The van der Waals surface area contributed by atoms with Gasteiger partial charge in [0.2, 0.25) is 5.95 Å². The minimum atomic E-state index is 0.242. The molecule has 5 heteroatoms. The standard InChI is InChI=1S/C13H11N3OS/c1-8-12-11(6-7-18-12)16-13(14-8)15-9-2-4-10(17)5-3-9/h2-7,17H,1H3,(H,14,15,16). The highest BCUT2D eigenvalue weighted by molar-refractivity contribution is 7.17. The van der Waals surface area contributed by atoms with Crippen molar-refractivity contribution in [3.05, 3.63) is 41.4 Å². The quantitative estimate of drug-likeness (QED) is 0.690. The molecule has 2 aromatic heterocycles. The first-order valence-electron chi connectivity index (χ1n) is 5.50. The SMILES string of the molecule is Cc1nc(Nc2ccc(O)cc2)nc2ccsc12. The Hall–Kier alpha value is -2.14. The van der Waals surface area contributed by atoms with Gasteiger partial charge in [0.1, 0.15) is 5.75 Å². The van der Waals surface area contributed by atoms with Gasteiger partial charge >= 0.3 is 0 Å². The van der Waals surface area contributed by atoms with Gasteiger partial charge in [-0.15, -0.1) is 11.3 Å². The van der Waals surface area contributed by atoms with Gasteiger partial charge < -0.3 is 10.4 Å². The first-order chi connectivity index (χ1) is 8.72. The molecular weight excluding hydrogens is 246 g/mol. The number of aryl methyl sites for hydroxylation is 1. The smallest absolute Gasteiger partial charge is 0.228 e. The average Bonchev–Trinajstić information content (AvgIpc) is 2.81. The maximum absolute atomic E-state index is 9.22. The van der Waals surface area contributed by atoms with Gasteiger partial charge in [0.25, 0.3) is 0 Å². The van der Waals surface area contributed by atoms with Crippen molar-refractivity contribution >= 4 is 33.2 Å². The van der Waals surface area contributed by atoms with Crippen molar-refractivity contribution in [1.29, 1.82) is 0 Å². The zero-order chi connectivity index (χ0) is 12.5. The van der Waals surface area contributed by atoms with Crippen LogP contribution in [0.4, 0.5) is 11.6 Å². The van der Waals surface area contributed by atoms with Crippen LogP contribution in [0, 0.1) is 6.92 Å². The zero-order valence-electron chi connectivity index (χ0n) is 9.71. The molecule has 3 rings (SSSR count). The third-order valence-corrected chi connectivity index (χ3v) is 3.61. The number of fused-ring (bicyclic) bond motifs is 1. The predicted octanol–water partition coefficient (Wildman–Crippen LogP) is 3.45. The Morgan fingerprint density at radius 2 is 1.89 bits per heavy atom. The van der Waals surface area contributed by atoms with Crippen molar-refractivity contribution in [3.8, 4) is 5.75 Å². The van der Waals surface area contributed by atoms with Gasteiger partial charge in [-0.1, -0.05) is 0 Å². The summed E-state index contributed by atoms with van der Waals surface area (Å²) in [5.74, 6) is 0.815. The highest BCUT2D eigenvalue weighted by Crippen LogP contribution is 2.24. The third-order valence-electron chi connectivity index (χ3n) is 2.60. The van der Waals surface area contributed by atoms with E-state index in [0.29, 0.717) is 5.95 Å². The minimum absolute atomic E-state index is 0.242. The number of anilines is 2. The third kappa shape index (κ3) is 2.00. The molecule has 4 nitrogen and oxygen atoms in total. The first kappa shape index (κ1) is 11.0. The van der Waals surface area contributed by atoms with Crippen molar-refractivity contribution in [1.82, 2.24) is 9.97 Å². The number of nitrogens with one attached hydrogen (secondary N) is 1. The zero-order valence-corrected chi connectivity index (χ0v) is 10.5. The van der Waals surface area contributed by atoms with Crippen LogP contribution in [0.1, 0.15) is 5.69 Å². The Morgan fingerprint density at radius 3 is 2.67 bits per heavy atom. The van der Waals surface area contributed by atoms with Crippen LogP contribution >= 0.6 is 11.3 Å². The number of rotatable bonds is 2. The summed E-state index contributed by atoms with van der Waals surface area (Å²) in [6.45, 7) is 1.97. The number of thiophene rings is 1. The second-order valence-corrected chi connectivity index (χ2v) is 4.86. The molecular formula is C13H11N3OS. The van der Waals surface area contributed by atoms with Gasteiger partial charge in [0, 0.05) is 5.69 Å². The average molecular weight is 257 g/mol. The normalized spacial score (nSPS) is 10.7. The monoisotopic (exact) mass is 257 g/mol. The Morgan fingerprint density at radius 1 is 1.11 bits per heavy atom. The van der Waals surface area contributed by atoms with E-state index in [1.165, 1.54) is 0 Å². The van der Waals surface area contributed by atoms with Crippen LogP contribution in [-0.2, 0) is 0 Å². The van der Waals surface area contributed by atoms with Gasteiger partial charge in [-0.3, -0.25) is 0 Å². The summed E-state index contributed by atoms with van der Waals surface area (Å²) in [6, 6.07) is 8.80. The largest absolute Gasteiger partial charge is 0.508 e. The summed E-state index contributed by atoms with van der Waals surface area (Å²) in [7, 11) is 0. The molecule has 0 spiro atoms. The number of benzene rings is 1. The number of nitrogens with zero attached hydrogens (tertiary/aromatic N) is 2. The maximum atomic E-state index is 9.22. The van der Waals surface area contributed by atoms with Crippen molar-refractivity contribution in [2.24, 2.45) is 0 Å². The Balaban J connectivity index is 1.97. The van der Waals surface area contributed by atoms with E-state index >= 15 is 0 Å². The molecule has 0 aliphatic rings. The van der Waals surface area contributed by atoms with Crippen LogP contribution in [0.15, 0.2) is 35.7 Å². The van der Waals surface area contributed by atoms with Crippen molar-refractivity contribution < 1.29 is 5.11 Å². The second kappa shape index (κ2) is 4.27. The summed E-state index contributed by atoms with van der Waals surface area (Å²) in [5, 5.41) is 14.4. The molecule has 0 amide bonds. The number of phenolic OH excluding ortho intramolecular Hbond substituents is 1. The minimum Gasteiger partial charge on any atom is -0.508 e. The summed E-state index contributed by atoms with van der Waals surface area (Å²) in [5.41, 5.74) is 2.77. The highest BCUT2D eigenvalue weighted by atomic mass is 32.1. The first-order valence-corrected chi connectivity index (χ1v) is 6.38. The fourth-order valence-corrected chi connectivity index (χ4v) is 2.52. The molecule has 0 saturated carbocycles. The van der Waals surface area contributed by atoms with Crippen LogP contribution in [0.25, 0.3) is 10.2 Å². The second-order valence-electron chi connectivity index (χ2n) is 3.94. The molecule has 2 heterocycles. The molecule has 90 valence electrons. The van der Waals surface area contributed by atoms with E-state index in [9.17, 15) is 5.11 Å². The Bertz CT molecular complexity index is 691. The summed E-state index contributed by atoms with van der Waals surface area (Å²) >= 11 is 1.65. The van der Waals surface area contributed by atoms with E-state index in [1.807, 2.05) is 18.4 Å². The van der Waals surface area contributed by atoms with Crippen LogP contribution < -0.4 is 5.32 Å². The molecule has 0 unspecified atom stereocenters. The fraction of sp³-hybridized carbons (Fsp3) is 0.0769. The van der Waals surface area contributed by atoms with E-state index < -0.39 is 0 Å². The molecule has 0 aliphatic carbocycles. The number of hydrogen-bond acceptors (Lipinski definition) is 5. The maximum Gasteiger partial charge on any atom is 0.228 e. The lowest BCUT2D eigenvalue weighted by molar-refractivity contribution is 0.475. The van der Waals surface area contributed by atoms with E-state index in [1.54, 1.807) is 35.6 Å². The summed E-state index contributed by atoms with van der Waals surface area (Å²) < 4.78 is 1.12. The van der Waals surface area contributed by atoms with E-state index in [4.69, 9.17) is 0 Å². The van der Waals surface area contributed by atoms with Gasteiger partial charge in [-0.25, -0.2) is 9.97 Å². The van der Waals surface area contributed by atoms with Crippen molar-refractivity contribution in [2.45, 2.75) is 6.92 Å². The lowest BCUT2D eigenvalue weighted by Crippen LogP contribution is -1.98. The highest BCUT2D eigenvalue weighted by Gasteiger charge is 2.05. The van der Waals surface area contributed by atoms with Crippen LogP contribution in [0.2, 0.25) is 0 Å². The Kier molecular flexibility index (Phi) is 2.60. The number of aromatic hydroxyl groups is 1. The summed E-state index contributed by atoms with van der Waals surface area (Å²) in [6.07, 6.45) is 0. The van der Waals surface area contributed by atoms with Gasteiger partial charge in [-0.2, -0.15) is 0 Å². The lowest BCUT2D eigenvalue weighted by Gasteiger charge is -2.06. The molecule has 0 atom stereocenters.